The second-order valence-electron chi connectivity index (χ2n) is 7.69. The highest BCUT2D eigenvalue weighted by atomic mass is 127. The van der Waals surface area contributed by atoms with Crippen LogP contribution in [-0.4, -0.2) is 47.5 Å². The molecule has 2 N–H and O–H groups in total. The molecule has 1 unspecified atom stereocenters. The molecule has 0 aromatic carbocycles. The van der Waals surface area contributed by atoms with E-state index in [1.165, 1.54) is 32.1 Å². The van der Waals surface area contributed by atoms with Crippen molar-refractivity contribution < 1.29 is 4.74 Å². The van der Waals surface area contributed by atoms with Crippen molar-refractivity contribution in [1.82, 2.24) is 25.4 Å². The number of hydrogen-bond donors (Lipinski definition) is 2. The minimum absolute atomic E-state index is 0. The molecule has 1 atom stereocenters. The molecular formula is C19H35IN6O. The van der Waals surface area contributed by atoms with Gasteiger partial charge in [-0.2, -0.15) is 5.10 Å². The van der Waals surface area contributed by atoms with Gasteiger partial charge in [-0.15, -0.1) is 24.0 Å². The van der Waals surface area contributed by atoms with Crippen molar-refractivity contribution in [2.75, 3.05) is 20.7 Å². The Labute approximate surface area is 180 Å². The molecule has 7 nitrogen and oxygen atoms in total. The van der Waals surface area contributed by atoms with Crippen LogP contribution in [0.1, 0.15) is 57.1 Å². The number of fused-ring (bicyclic) bond motifs is 1. The van der Waals surface area contributed by atoms with Crippen LogP contribution in [0.5, 0.6) is 0 Å². The maximum atomic E-state index is 5.13. The van der Waals surface area contributed by atoms with Crippen LogP contribution in [-0.2, 0) is 24.3 Å². The summed E-state index contributed by atoms with van der Waals surface area (Å²) in [7, 11) is 3.53. The zero-order valence-electron chi connectivity index (χ0n) is 16.9. The summed E-state index contributed by atoms with van der Waals surface area (Å²) >= 11 is 0. The third-order valence-electron chi connectivity index (χ3n) is 5.84. The van der Waals surface area contributed by atoms with Crippen molar-refractivity contribution in [2.45, 2.75) is 71.1 Å². The summed E-state index contributed by atoms with van der Waals surface area (Å²) in [4.78, 5) is 8.96. The Morgan fingerprint density at radius 1 is 1.22 bits per heavy atom. The fourth-order valence-corrected chi connectivity index (χ4v) is 4.14. The molecule has 1 aliphatic heterocycles. The number of hydrogen-bond acceptors (Lipinski definition) is 4. The van der Waals surface area contributed by atoms with Crippen LogP contribution in [0.15, 0.2) is 4.99 Å². The van der Waals surface area contributed by atoms with Crippen LogP contribution >= 0.6 is 24.0 Å². The van der Waals surface area contributed by atoms with Crippen LogP contribution in [0.3, 0.4) is 0 Å². The average molecular weight is 490 g/mol. The van der Waals surface area contributed by atoms with E-state index in [9.17, 15) is 0 Å². The van der Waals surface area contributed by atoms with E-state index in [0.29, 0.717) is 12.6 Å². The van der Waals surface area contributed by atoms with E-state index < -0.39 is 0 Å². The standard InChI is InChI=1S/C19H34N6O.HI/c1-4-14-5-7-15(8-6-14)11-21-19(20-2)22-16-9-10-18-23-17(13-26-3)24-25(18)12-16;/h14-16H,4-13H2,1-3H3,(H2,20,21,22);1H. The average Bonchev–Trinajstić information content (AvgIpc) is 3.07. The van der Waals surface area contributed by atoms with Crippen molar-refractivity contribution in [1.29, 1.82) is 0 Å². The molecule has 2 aliphatic rings. The van der Waals surface area contributed by atoms with Gasteiger partial charge >= 0.3 is 0 Å². The maximum absolute atomic E-state index is 5.13. The molecule has 0 saturated heterocycles. The zero-order chi connectivity index (χ0) is 18.4. The predicted octanol–water partition coefficient (Wildman–Crippen LogP) is 2.74. The minimum atomic E-state index is 0. The first-order chi connectivity index (χ1) is 12.7. The van der Waals surface area contributed by atoms with Gasteiger partial charge in [0.15, 0.2) is 11.8 Å². The van der Waals surface area contributed by atoms with Crippen molar-refractivity contribution in [3.63, 3.8) is 0 Å². The monoisotopic (exact) mass is 490 g/mol. The number of nitrogens with zero attached hydrogens (tertiary/aromatic N) is 4. The fraction of sp³-hybridized carbons (Fsp3) is 0.842. The largest absolute Gasteiger partial charge is 0.377 e. The zero-order valence-corrected chi connectivity index (χ0v) is 19.2. The summed E-state index contributed by atoms with van der Waals surface area (Å²) in [5.74, 6) is 4.47. The lowest BCUT2D eigenvalue weighted by molar-refractivity contribution is 0.177. The van der Waals surface area contributed by atoms with Crippen LogP contribution in [0, 0.1) is 11.8 Å². The topological polar surface area (TPSA) is 76.4 Å². The van der Waals surface area contributed by atoms with Crippen LogP contribution in [0.4, 0.5) is 0 Å². The second kappa shape index (κ2) is 11.2. The van der Waals surface area contributed by atoms with E-state index >= 15 is 0 Å². The third kappa shape index (κ3) is 6.30. The van der Waals surface area contributed by atoms with Crippen LogP contribution in [0.25, 0.3) is 0 Å². The van der Waals surface area contributed by atoms with Gasteiger partial charge in [0.25, 0.3) is 0 Å². The smallest absolute Gasteiger partial charge is 0.191 e. The molecule has 27 heavy (non-hydrogen) atoms. The van der Waals surface area contributed by atoms with Crippen molar-refractivity contribution >= 4 is 29.9 Å². The lowest BCUT2D eigenvalue weighted by atomic mass is 9.81. The van der Waals surface area contributed by atoms with Crippen LogP contribution in [0.2, 0.25) is 0 Å². The van der Waals surface area contributed by atoms with Gasteiger partial charge < -0.3 is 15.4 Å². The summed E-state index contributed by atoms with van der Waals surface area (Å²) in [6, 6.07) is 0.335. The highest BCUT2D eigenvalue weighted by Crippen LogP contribution is 2.30. The molecule has 2 heterocycles. The molecule has 3 rings (SSSR count). The molecule has 154 valence electrons. The summed E-state index contributed by atoms with van der Waals surface area (Å²) in [5.41, 5.74) is 0. The normalized spacial score (nSPS) is 25.4. The van der Waals surface area contributed by atoms with Gasteiger partial charge in [0.05, 0.1) is 6.54 Å². The molecule has 0 radical (unpaired) electrons. The quantitative estimate of drug-likeness (QED) is 0.365. The molecule has 1 fully saturated rings. The van der Waals surface area contributed by atoms with E-state index in [1.807, 2.05) is 11.7 Å². The fourth-order valence-electron chi connectivity index (χ4n) is 4.14. The predicted molar refractivity (Wildman–Crippen MR) is 118 cm³/mol. The van der Waals surface area contributed by atoms with Crippen LogP contribution < -0.4 is 10.6 Å². The molecule has 0 amide bonds. The van der Waals surface area contributed by atoms with E-state index in [0.717, 1.165) is 55.4 Å². The summed E-state index contributed by atoms with van der Waals surface area (Å²) in [5, 5.41) is 11.6. The minimum Gasteiger partial charge on any atom is -0.377 e. The van der Waals surface area contributed by atoms with Gasteiger partial charge in [-0.05, 0) is 31.1 Å². The van der Waals surface area contributed by atoms with Crippen molar-refractivity contribution in [3.05, 3.63) is 11.6 Å². The van der Waals surface area contributed by atoms with Gasteiger partial charge in [-0.1, -0.05) is 26.2 Å². The molecular weight excluding hydrogens is 455 g/mol. The van der Waals surface area contributed by atoms with E-state index in [4.69, 9.17) is 4.74 Å². The number of guanidine groups is 1. The Bertz CT molecular complexity index is 597. The first kappa shape index (κ1) is 22.4. The number of aliphatic imine (C=N–C) groups is 1. The Morgan fingerprint density at radius 2 is 1.96 bits per heavy atom. The van der Waals surface area contributed by atoms with E-state index in [1.54, 1.807) is 7.11 Å². The summed E-state index contributed by atoms with van der Waals surface area (Å²) in [6.45, 7) is 4.64. The van der Waals surface area contributed by atoms with E-state index in [-0.39, 0.29) is 24.0 Å². The highest BCUT2D eigenvalue weighted by Gasteiger charge is 2.23. The van der Waals surface area contributed by atoms with Gasteiger partial charge in [-0.25, -0.2) is 9.67 Å². The Balaban J connectivity index is 0.00000261. The van der Waals surface area contributed by atoms with E-state index in [2.05, 4.69) is 32.6 Å². The number of rotatable bonds is 6. The van der Waals surface area contributed by atoms with Gasteiger partial charge in [0.2, 0.25) is 0 Å². The molecule has 1 saturated carbocycles. The molecule has 1 aromatic rings. The third-order valence-corrected chi connectivity index (χ3v) is 5.84. The number of aromatic nitrogens is 3. The second-order valence-corrected chi connectivity index (χ2v) is 7.69. The van der Waals surface area contributed by atoms with Gasteiger partial charge in [0, 0.05) is 33.2 Å². The number of aryl methyl sites for hydroxylation is 1. The Morgan fingerprint density at radius 3 is 2.63 bits per heavy atom. The Hall–Kier alpha value is -0.900. The van der Waals surface area contributed by atoms with Crippen molar-refractivity contribution in [3.8, 4) is 0 Å². The SMILES string of the molecule is CCC1CCC(CNC(=NC)NC2CCc3nc(COC)nn3C2)CC1.I. The van der Waals surface area contributed by atoms with Gasteiger partial charge in [0.1, 0.15) is 12.4 Å². The number of ether oxygens (including phenoxy) is 1. The number of nitrogens with one attached hydrogen (secondary N) is 2. The Kier molecular flexibility index (Phi) is 9.28. The molecule has 8 heteroatoms. The lowest BCUT2D eigenvalue weighted by Gasteiger charge is -2.29. The first-order valence-electron chi connectivity index (χ1n) is 10.1. The number of halogens is 1. The lowest BCUT2D eigenvalue weighted by Crippen LogP contribution is -2.48. The molecule has 0 spiro atoms. The molecule has 1 aromatic heterocycles. The highest BCUT2D eigenvalue weighted by molar-refractivity contribution is 14.0. The maximum Gasteiger partial charge on any atom is 0.191 e. The number of methoxy groups -OCH3 is 1. The summed E-state index contributed by atoms with van der Waals surface area (Å²) < 4.78 is 7.14. The molecule has 1 aliphatic carbocycles. The van der Waals surface area contributed by atoms with Gasteiger partial charge in [-0.3, -0.25) is 4.99 Å². The summed E-state index contributed by atoms with van der Waals surface area (Å²) in [6.07, 6.45) is 8.78. The van der Waals surface area contributed by atoms with Crippen molar-refractivity contribution in [2.24, 2.45) is 16.8 Å². The molecule has 0 bridgehead atoms. The first-order valence-corrected chi connectivity index (χ1v) is 10.1.